The van der Waals surface area contributed by atoms with Crippen molar-refractivity contribution in [1.82, 2.24) is 0 Å². The van der Waals surface area contributed by atoms with Gasteiger partial charge in [0.25, 0.3) is 0 Å². The summed E-state index contributed by atoms with van der Waals surface area (Å²) in [6.07, 6.45) is 0. The summed E-state index contributed by atoms with van der Waals surface area (Å²) in [6.45, 7) is 0. The fourth-order valence-electron chi connectivity index (χ4n) is 1.60. The molecule has 3 heteroatoms. The quantitative estimate of drug-likeness (QED) is 0.474. The molecule has 2 aromatic carbocycles. The molecule has 0 saturated carbocycles. The van der Waals surface area contributed by atoms with Gasteiger partial charge in [-0.3, -0.25) is 4.79 Å². The van der Waals surface area contributed by atoms with Crippen LogP contribution in [0.3, 0.4) is 0 Å². The topological polar surface area (TPSA) is 17.1 Å². The van der Waals surface area contributed by atoms with E-state index in [9.17, 15) is 4.79 Å². The molecule has 17 heavy (non-hydrogen) atoms. The Kier molecular flexibility index (Phi) is 4.02. The van der Waals surface area contributed by atoms with Crippen LogP contribution in [0.15, 0.2) is 48.5 Å². The monoisotopic (exact) mass is 352 g/mol. The van der Waals surface area contributed by atoms with Gasteiger partial charge in [0.1, 0.15) is 0 Å². The van der Waals surface area contributed by atoms with Crippen molar-refractivity contribution in [2.45, 2.75) is 0 Å². The Labute approximate surface area is 119 Å². The molecule has 84 valence electrons. The zero-order valence-electron chi connectivity index (χ0n) is 8.89. The van der Waals surface area contributed by atoms with Gasteiger partial charge in [-0.15, -0.1) is 0 Å². The third-order valence-corrected chi connectivity index (χ3v) is 3.65. The van der Waals surface area contributed by atoms with E-state index in [1.807, 2.05) is 48.5 Å². The standard InChI is InChI=1S/C14H9IOS/c15-13-8-4-3-7-12(13)14(16)11-6-2-1-5-10(11)9-17/h1-9H. The van der Waals surface area contributed by atoms with E-state index >= 15 is 0 Å². The summed E-state index contributed by atoms with van der Waals surface area (Å²) in [5.74, 6) is 0.0201. The third-order valence-electron chi connectivity index (χ3n) is 2.45. The van der Waals surface area contributed by atoms with Crippen LogP contribution < -0.4 is 0 Å². The van der Waals surface area contributed by atoms with Crippen LogP contribution in [-0.2, 0) is 0 Å². The van der Waals surface area contributed by atoms with Gasteiger partial charge in [0.2, 0.25) is 0 Å². The Balaban J connectivity index is 2.51. The first-order valence-corrected chi connectivity index (χ1v) is 6.62. The molecule has 1 nitrogen and oxygen atoms in total. The first-order valence-electron chi connectivity index (χ1n) is 5.07. The minimum atomic E-state index is 0.0201. The Bertz CT molecular complexity index is 578. The van der Waals surface area contributed by atoms with Gasteiger partial charge in [0.05, 0.1) is 0 Å². The Hall–Kier alpha value is -1.07. The summed E-state index contributed by atoms with van der Waals surface area (Å²) in [5, 5.41) is 1.54. The number of ketones is 1. The van der Waals surface area contributed by atoms with E-state index in [0.29, 0.717) is 5.56 Å². The highest BCUT2D eigenvalue weighted by Crippen LogP contribution is 2.18. The molecule has 0 saturated heterocycles. The molecule has 0 unspecified atom stereocenters. The molecule has 0 aromatic heterocycles. The number of halogens is 1. The smallest absolute Gasteiger partial charge is 0.194 e. The summed E-state index contributed by atoms with van der Waals surface area (Å²) < 4.78 is 0.953. The largest absolute Gasteiger partial charge is 0.289 e. The Morgan fingerprint density at radius 3 is 2.24 bits per heavy atom. The van der Waals surface area contributed by atoms with Crippen LogP contribution in [0.25, 0.3) is 0 Å². The van der Waals surface area contributed by atoms with E-state index in [0.717, 1.165) is 14.7 Å². The van der Waals surface area contributed by atoms with Crippen LogP contribution in [0.2, 0.25) is 0 Å². The summed E-state index contributed by atoms with van der Waals surface area (Å²) in [4.78, 5) is 12.4. The molecule has 0 aliphatic heterocycles. The minimum absolute atomic E-state index is 0.0201. The number of rotatable bonds is 3. The molecule has 2 rings (SSSR count). The molecule has 0 radical (unpaired) electrons. The van der Waals surface area contributed by atoms with Gasteiger partial charge in [-0.2, -0.15) is 0 Å². The Morgan fingerprint density at radius 2 is 1.59 bits per heavy atom. The predicted octanol–water partition coefficient (Wildman–Crippen LogP) is 3.87. The maximum Gasteiger partial charge on any atom is 0.194 e. The molecule has 0 bridgehead atoms. The lowest BCUT2D eigenvalue weighted by Gasteiger charge is -2.06. The summed E-state index contributed by atoms with van der Waals surface area (Å²) >= 11 is 7.10. The number of hydrogen-bond donors (Lipinski definition) is 0. The van der Waals surface area contributed by atoms with Gasteiger partial charge in [-0.1, -0.05) is 48.6 Å². The van der Waals surface area contributed by atoms with Crippen molar-refractivity contribution < 1.29 is 4.79 Å². The van der Waals surface area contributed by atoms with Crippen molar-refractivity contribution in [3.8, 4) is 0 Å². The van der Waals surface area contributed by atoms with E-state index in [1.54, 1.807) is 5.37 Å². The summed E-state index contributed by atoms with van der Waals surface area (Å²) in [5.41, 5.74) is 2.18. The molecule has 0 aliphatic carbocycles. The van der Waals surface area contributed by atoms with E-state index < -0.39 is 0 Å². The number of carbonyl (C=O) groups is 1. The first-order chi connectivity index (χ1) is 8.24. The van der Waals surface area contributed by atoms with Crippen LogP contribution >= 0.6 is 34.8 Å². The van der Waals surface area contributed by atoms with Crippen molar-refractivity contribution in [3.05, 3.63) is 68.8 Å². The molecule has 0 N–H and O–H groups in total. The van der Waals surface area contributed by atoms with Crippen molar-refractivity contribution in [2.24, 2.45) is 0 Å². The summed E-state index contributed by atoms with van der Waals surface area (Å²) in [7, 11) is 0. The lowest BCUT2D eigenvalue weighted by Crippen LogP contribution is -2.06. The highest BCUT2D eigenvalue weighted by molar-refractivity contribution is 14.1. The average Bonchev–Trinajstić information content (AvgIpc) is 2.38. The van der Waals surface area contributed by atoms with E-state index in [-0.39, 0.29) is 5.78 Å². The van der Waals surface area contributed by atoms with Gasteiger partial charge >= 0.3 is 0 Å². The maximum absolute atomic E-state index is 12.4. The lowest BCUT2D eigenvalue weighted by molar-refractivity contribution is 0.103. The van der Waals surface area contributed by atoms with Crippen LogP contribution in [0.1, 0.15) is 21.5 Å². The van der Waals surface area contributed by atoms with Crippen LogP contribution in [-0.4, -0.2) is 11.2 Å². The normalized spacial score (nSPS) is 9.94. The van der Waals surface area contributed by atoms with Gasteiger partial charge in [-0.25, -0.2) is 0 Å². The highest BCUT2D eigenvalue weighted by Gasteiger charge is 2.14. The number of thiocarbonyl (C=S) groups is 1. The molecular weight excluding hydrogens is 343 g/mol. The predicted molar refractivity (Wildman–Crippen MR) is 81.8 cm³/mol. The van der Waals surface area contributed by atoms with Crippen molar-refractivity contribution >= 4 is 46.0 Å². The lowest BCUT2D eigenvalue weighted by atomic mass is 9.99. The van der Waals surface area contributed by atoms with Crippen molar-refractivity contribution in [3.63, 3.8) is 0 Å². The number of carbonyl (C=O) groups excluding carboxylic acids is 1. The second-order valence-corrected chi connectivity index (χ2v) is 4.91. The molecule has 2 aromatic rings. The average molecular weight is 352 g/mol. The molecular formula is C14H9IOS. The maximum atomic E-state index is 12.4. The van der Waals surface area contributed by atoms with Crippen LogP contribution in [0.4, 0.5) is 0 Å². The third kappa shape index (κ3) is 2.61. The first kappa shape index (κ1) is 12.4. The minimum Gasteiger partial charge on any atom is -0.289 e. The van der Waals surface area contributed by atoms with Gasteiger partial charge in [0.15, 0.2) is 5.78 Å². The molecule has 0 spiro atoms. The van der Waals surface area contributed by atoms with E-state index in [2.05, 4.69) is 22.6 Å². The molecule has 0 aliphatic rings. The fraction of sp³-hybridized carbons (Fsp3) is 0. The summed E-state index contributed by atoms with van der Waals surface area (Å²) in [6, 6.07) is 15.0. The molecule has 0 atom stereocenters. The number of hydrogen-bond acceptors (Lipinski definition) is 2. The van der Waals surface area contributed by atoms with Gasteiger partial charge < -0.3 is 0 Å². The van der Waals surface area contributed by atoms with Crippen molar-refractivity contribution in [2.75, 3.05) is 0 Å². The zero-order valence-corrected chi connectivity index (χ0v) is 11.9. The Morgan fingerprint density at radius 1 is 1.00 bits per heavy atom. The second-order valence-electron chi connectivity index (χ2n) is 3.51. The molecule has 0 heterocycles. The van der Waals surface area contributed by atoms with E-state index in [1.165, 1.54) is 0 Å². The highest BCUT2D eigenvalue weighted by atomic mass is 127. The fourth-order valence-corrected chi connectivity index (χ4v) is 2.43. The number of benzene rings is 2. The van der Waals surface area contributed by atoms with Crippen LogP contribution in [0.5, 0.6) is 0 Å². The zero-order chi connectivity index (χ0) is 12.3. The van der Waals surface area contributed by atoms with Gasteiger partial charge in [0, 0.05) is 20.1 Å². The van der Waals surface area contributed by atoms with Gasteiger partial charge in [-0.05, 0) is 40.3 Å². The van der Waals surface area contributed by atoms with Crippen molar-refractivity contribution in [1.29, 1.82) is 0 Å². The van der Waals surface area contributed by atoms with E-state index in [4.69, 9.17) is 12.2 Å². The molecule has 0 fully saturated rings. The second kappa shape index (κ2) is 5.51. The van der Waals surface area contributed by atoms with Crippen LogP contribution in [0, 0.1) is 3.57 Å². The SMILES string of the molecule is O=C(c1ccccc1I)c1ccccc1C=S. The molecule has 0 amide bonds.